The summed E-state index contributed by atoms with van der Waals surface area (Å²) in [5.74, 6) is 0.779. The van der Waals surface area contributed by atoms with E-state index in [1.807, 2.05) is 47.2 Å². The summed E-state index contributed by atoms with van der Waals surface area (Å²) < 4.78 is 0. The van der Waals surface area contributed by atoms with Crippen LogP contribution in [-0.2, 0) is 24.3 Å². The Bertz CT molecular complexity index is 819. The van der Waals surface area contributed by atoms with Crippen LogP contribution in [0.4, 0.5) is 0 Å². The number of fused-ring (bicyclic) bond motifs is 1. The van der Waals surface area contributed by atoms with Crippen LogP contribution in [0.1, 0.15) is 16.7 Å². The number of guanidine groups is 1. The minimum Gasteiger partial charge on any atom is -0.347 e. The Balaban J connectivity index is 1.53. The van der Waals surface area contributed by atoms with Crippen molar-refractivity contribution in [1.82, 2.24) is 15.1 Å². The number of carbonyl (C=O) groups excluding carboxylic acids is 1. The number of nitrogens with zero attached hydrogens (tertiary/aromatic N) is 3. The fourth-order valence-corrected chi connectivity index (χ4v) is 3.42. The molecule has 3 rings (SSSR count). The summed E-state index contributed by atoms with van der Waals surface area (Å²) in [6.45, 7) is 2.36. The van der Waals surface area contributed by atoms with Gasteiger partial charge >= 0.3 is 0 Å². The maximum Gasteiger partial charge on any atom is 0.242 e. The number of halogens is 1. The fraction of sp³-hybridized carbons (Fsp3) is 0.333. The number of benzene rings is 2. The van der Waals surface area contributed by atoms with Gasteiger partial charge in [0.25, 0.3) is 0 Å². The molecule has 0 saturated heterocycles. The van der Waals surface area contributed by atoms with Gasteiger partial charge in [-0.1, -0.05) is 48.0 Å². The van der Waals surface area contributed by atoms with Gasteiger partial charge in [0, 0.05) is 38.8 Å². The average Bonchev–Trinajstić information content (AvgIpc) is 2.69. The lowest BCUT2D eigenvalue weighted by Gasteiger charge is -2.29. The van der Waals surface area contributed by atoms with Crippen LogP contribution in [0.15, 0.2) is 53.5 Å². The van der Waals surface area contributed by atoms with E-state index in [4.69, 9.17) is 11.6 Å². The Morgan fingerprint density at radius 3 is 2.59 bits per heavy atom. The van der Waals surface area contributed by atoms with E-state index in [0.29, 0.717) is 19.0 Å². The number of hydrogen-bond acceptors (Lipinski definition) is 2. The summed E-state index contributed by atoms with van der Waals surface area (Å²) in [7, 11) is 3.67. The predicted octanol–water partition coefficient (Wildman–Crippen LogP) is 2.93. The van der Waals surface area contributed by atoms with Crippen molar-refractivity contribution in [3.63, 3.8) is 0 Å². The van der Waals surface area contributed by atoms with Crippen LogP contribution >= 0.6 is 11.6 Å². The average molecular weight is 385 g/mol. The lowest BCUT2D eigenvalue weighted by atomic mass is 10.00. The molecular weight excluding hydrogens is 360 g/mol. The lowest BCUT2D eigenvalue weighted by molar-refractivity contribution is -0.130. The summed E-state index contributed by atoms with van der Waals surface area (Å²) in [5, 5.41) is 3.90. The lowest BCUT2D eigenvalue weighted by Crippen LogP contribution is -2.46. The Morgan fingerprint density at radius 1 is 1.19 bits per heavy atom. The van der Waals surface area contributed by atoms with E-state index in [1.54, 1.807) is 7.05 Å². The molecule has 1 aliphatic heterocycles. The number of carbonyl (C=O) groups is 1. The summed E-state index contributed by atoms with van der Waals surface area (Å²) in [5.41, 5.74) is 3.71. The highest BCUT2D eigenvalue weighted by molar-refractivity contribution is 6.30. The molecule has 0 aliphatic carbocycles. The summed E-state index contributed by atoms with van der Waals surface area (Å²) in [4.78, 5) is 20.8. The van der Waals surface area contributed by atoms with Crippen LogP contribution in [-0.4, -0.2) is 48.9 Å². The second kappa shape index (κ2) is 8.91. The molecule has 2 aromatic carbocycles. The second-order valence-corrected chi connectivity index (χ2v) is 7.15. The Labute approximate surface area is 165 Å². The van der Waals surface area contributed by atoms with Gasteiger partial charge in [0.1, 0.15) is 0 Å². The quantitative estimate of drug-likeness (QED) is 0.651. The third kappa shape index (κ3) is 5.01. The number of hydrogen-bond donors (Lipinski definition) is 1. The van der Waals surface area contributed by atoms with Crippen molar-refractivity contribution in [1.29, 1.82) is 0 Å². The molecule has 1 aliphatic rings. The molecule has 0 aromatic heterocycles. The van der Waals surface area contributed by atoms with Crippen LogP contribution in [0.3, 0.4) is 0 Å². The van der Waals surface area contributed by atoms with Gasteiger partial charge in [-0.2, -0.15) is 0 Å². The van der Waals surface area contributed by atoms with E-state index >= 15 is 0 Å². The van der Waals surface area contributed by atoms with E-state index < -0.39 is 0 Å². The zero-order chi connectivity index (χ0) is 19.2. The van der Waals surface area contributed by atoms with Gasteiger partial charge in [-0.3, -0.25) is 9.79 Å². The molecule has 6 heteroatoms. The highest BCUT2D eigenvalue weighted by Gasteiger charge is 2.20. The molecule has 0 unspecified atom stereocenters. The van der Waals surface area contributed by atoms with E-state index in [-0.39, 0.29) is 12.5 Å². The van der Waals surface area contributed by atoms with E-state index in [1.165, 1.54) is 11.1 Å². The second-order valence-electron chi connectivity index (χ2n) is 6.72. The first kappa shape index (κ1) is 19.2. The van der Waals surface area contributed by atoms with Crippen molar-refractivity contribution < 1.29 is 4.79 Å². The van der Waals surface area contributed by atoms with Crippen molar-refractivity contribution in [3.8, 4) is 0 Å². The Hall–Kier alpha value is -2.53. The molecular formula is C21H25ClN4O. The molecule has 0 atom stereocenters. The summed E-state index contributed by atoms with van der Waals surface area (Å²) in [6.07, 6.45) is 0.910. The monoisotopic (exact) mass is 384 g/mol. The molecule has 1 heterocycles. The van der Waals surface area contributed by atoms with E-state index in [2.05, 4.69) is 28.5 Å². The number of rotatable bonds is 4. The van der Waals surface area contributed by atoms with Crippen LogP contribution in [0.25, 0.3) is 0 Å². The molecule has 27 heavy (non-hydrogen) atoms. The van der Waals surface area contributed by atoms with Gasteiger partial charge in [-0.05, 0) is 35.2 Å². The van der Waals surface area contributed by atoms with Crippen LogP contribution in [0, 0.1) is 0 Å². The SMILES string of the molecule is CN=C(NCC(=O)N1CCc2ccccc2C1)N(C)Cc1ccc(Cl)cc1. The number of amides is 1. The molecule has 0 spiro atoms. The minimum absolute atomic E-state index is 0.0885. The number of nitrogens with one attached hydrogen (secondary N) is 1. The third-order valence-corrected chi connectivity index (χ3v) is 5.04. The zero-order valence-electron chi connectivity index (χ0n) is 15.8. The van der Waals surface area contributed by atoms with Gasteiger partial charge < -0.3 is 15.1 Å². The summed E-state index contributed by atoms with van der Waals surface area (Å²) in [6, 6.07) is 16.0. The predicted molar refractivity (Wildman–Crippen MR) is 110 cm³/mol. The van der Waals surface area contributed by atoms with Crippen LogP contribution in [0.2, 0.25) is 5.02 Å². The number of aliphatic imine (C=N–C) groups is 1. The van der Waals surface area contributed by atoms with Gasteiger partial charge in [0.2, 0.25) is 5.91 Å². The van der Waals surface area contributed by atoms with Crippen LogP contribution < -0.4 is 5.32 Å². The first-order valence-electron chi connectivity index (χ1n) is 9.07. The van der Waals surface area contributed by atoms with Gasteiger partial charge in [0.05, 0.1) is 6.54 Å². The highest BCUT2D eigenvalue weighted by Crippen LogP contribution is 2.18. The molecule has 0 radical (unpaired) electrons. The molecule has 2 aromatic rings. The van der Waals surface area contributed by atoms with Crippen molar-refractivity contribution >= 4 is 23.5 Å². The molecule has 1 N–H and O–H groups in total. The first-order valence-corrected chi connectivity index (χ1v) is 9.45. The molecule has 0 fully saturated rings. The smallest absolute Gasteiger partial charge is 0.242 e. The molecule has 142 valence electrons. The normalized spacial score (nSPS) is 13.9. The van der Waals surface area contributed by atoms with E-state index in [9.17, 15) is 4.79 Å². The largest absolute Gasteiger partial charge is 0.347 e. The highest BCUT2D eigenvalue weighted by atomic mass is 35.5. The Morgan fingerprint density at radius 2 is 1.89 bits per heavy atom. The van der Waals surface area contributed by atoms with Crippen LogP contribution in [0.5, 0.6) is 0 Å². The third-order valence-electron chi connectivity index (χ3n) is 4.79. The topological polar surface area (TPSA) is 47.9 Å². The first-order chi connectivity index (χ1) is 13.1. The molecule has 0 bridgehead atoms. The van der Waals surface area contributed by atoms with Crippen molar-refractivity contribution in [2.24, 2.45) is 4.99 Å². The molecule has 5 nitrogen and oxygen atoms in total. The van der Waals surface area contributed by atoms with E-state index in [0.717, 1.165) is 23.6 Å². The van der Waals surface area contributed by atoms with Gasteiger partial charge in [-0.25, -0.2) is 0 Å². The Kier molecular flexibility index (Phi) is 6.35. The maximum absolute atomic E-state index is 12.6. The zero-order valence-corrected chi connectivity index (χ0v) is 16.5. The minimum atomic E-state index is 0.0885. The van der Waals surface area contributed by atoms with Gasteiger partial charge in [0.15, 0.2) is 5.96 Å². The van der Waals surface area contributed by atoms with Gasteiger partial charge in [-0.15, -0.1) is 0 Å². The van der Waals surface area contributed by atoms with Crippen molar-refractivity contribution in [2.75, 3.05) is 27.2 Å². The standard InChI is InChI=1S/C21H25ClN4O/c1-23-21(25(2)14-16-7-9-19(22)10-8-16)24-13-20(27)26-12-11-17-5-3-4-6-18(17)15-26/h3-10H,11-15H2,1-2H3,(H,23,24). The molecule has 1 amide bonds. The van der Waals surface area contributed by atoms with Crippen molar-refractivity contribution in [3.05, 3.63) is 70.2 Å². The fourth-order valence-electron chi connectivity index (χ4n) is 3.30. The summed E-state index contributed by atoms with van der Waals surface area (Å²) >= 11 is 5.94. The molecule has 0 saturated carbocycles. The van der Waals surface area contributed by atoms with Crippen molar-refractivity contribution in [2.45, 2.75) is 19.5 Å². The maximum atomic E-state index is 12.6.